The van der Waals surface area contributed by atoms with E-state index in [0.717, 1.165) is 38.2 Å². The molecule has 0 aliphatic rings. The van der Waals surface area contributed by atoms with Gasteiger partial charge < -0.3 is 4.57 Å². The van der Waals surface area contributed by atoms with Crippen molar-refractivity contribution in [2.24, 2.45) is 0 Å². The third-order valence-corrected chi connectivity index (χ3v) is 13.5. The van der Waals surface area contributed by atoms with Crippen molar-refractivity contribution in [2.45, 2.75) is 0 Å². The van der Waals surface area contributed by atoms with Crippen LogP contribution in [0.1, 0.15) is 0 Å². The SMILES string of the molecule is c1ccc(-c2nc(-c3ccccc3)nc(-c3cc(-c4cccc(-n5c6ccccc6c6c7sc8ccccc8c7ccc65)c4)cc4c3sc3ccccc34)n2)cc1. The van der Waals surface area contributed by atoms with E-state index in [2.05, 4.69) is 150 Å². The molecule has 0 aliphatic carbocycles. The first-order valence-corrected chi connectivity index (χ1v) is 20.7. The highest BCUT2D eigenvalue weighted by Gasteiger charge is 2.20. The minimum atomic E-state index is 0.653. The van der Waals surface area contributed by atoms with Crippen LogP contribution in [0.15, 0.2) is 182 Å². The topological polar surface area (TPSA) is 43.6 Å². The van der Waals surface area contributed by atoms with Crippen molar-refractivity contribution >= 4 is 84.8 Å². The first-order valence-electron chi connectivity index (χ1n) is 19.0. The van der Waals surface area contributed by atoms with Crippen LogP contribution >= 0.6 is 22.7 Å². The summed E-state index contributed by atoms with van der Waals surface area (Å²) in [5.74, 6) is 1.97. The normalized spacial score (nSPS) is 11.9. The lowest BCUT2D eigenvalue weighted by molar-refractivity contribution is 1.08. The van der Waals surface area contributed by atoms with E-state index in [4.69, 9.17) is 15.0 Å². The number of fused-ring (bicyclic) bond motifs is 10. The predicted octanol–water partition coefficient (Wildman–Crippen LogP) is 14.4. The standard InChI is InChI=1S/C51H30N4S2/c1-3-14-31(15-4-1)49-52-50(32-16-5-2-6-17-32)54-51(53-49)41-30-34(29-40-37-21-9-12-25-45(37)56-47(40)41)33-18-13-19-35(28-33)55-42-23-10-7-22-39(42)46-43(55)27-26-38-36-20-8-11-24-44(36)57-48(38)46/h1-30H. The summed E-state index contributed by atoms with van der Waals surface area (Å²) in [5.41, 5.74) is 8.66. The lowest BCUT2D eigenvalue weighted by Crippen LogP contribution is -2.00. The van der Waals surface area contributed by atoms with Crippen LogP contribution in [0.3, 0.4) is 0 Å². The number of benzene rings is 8. The number of para-hydroxylation sites is 1. The summed E-state index contributed by atoms with van der Waals surface area (Å²) in [7, 11) is 0. The Morgan fingerprint density at radius 2 is 0.930 bits per heavy atom. The summed E-state index contributed by atoms with van der Waals surface area (Å²) >= 11 is 3.68. The second-order valence-corrected chi connectivity index (χ2v) is 16.5. The molecule has 0 atom stereocenters. The largest absolute Gasteiger partial charge is 0.309 e. The lowest BCUT2D eigenvalue weighted by Gasteiger charge is -2.13. The number of nitrogens with zero attached hydrogens (tertiary/aromatic N) is 4. The van der Waals surface area contributed by atoms with Crippen LogP contribution in [0.5, 0.6) is 0 Å². The predicted molar refractivity (Wildman–Crippen MR) is 242 cm³/mol. The summed E-state index contributed by atoms with van der Waals surface area (Å²) in [6, 6.07) is 64.9. The molecule has 0 radical (unpaired) electrons. The van der Waals surface area contributed by atoms with Gasteiger partial charge in [0.2, 0.25) is 0 Å². The van der Waals surface area contributed by atoms with E-state index in [9.17, 15) is 0 Å². The molecule has 0 aliphatic heterocycles. The van der Waals surface area contributed by atoms with E-state index in [1.807, 2.05) is 47.7 Å². The quantitative estimate of drug-likeness (QED) is 0.175. The van der Waals surface area contributed by atoms with E-state index in [1.54, 1.807) is 11.3 Å². The van der Waals surface area contributed by atoms with Crippen molar-refractivity contribution in [1.82, 2.24) is 19.5 Å². The molecule has 0 amide bonds. The van der Waals surface area contributed by atoms with E-state index < -0.39 is 0 Å². The molecular weight excluding hydrogens is 733 g/mol. The van der Waals surface area contributed by atoms with Crippen LogP contribution in [0, 0.1) is 0 Å². The fraction of sp³-hybridized carbons (Fsp3) is 0. The zero-order chi connectivity index (χ0) is 37.5. The molecule has 0 N–H and O–H groups in total. The van der Waals surface area contributed by atoms with E-state index in [-0.39, 0.29) is 0 Å². The Morgan fingerprint density at radius 1 is 0.351 bits per heavy atom. The maximum atomic E-state index is 5.20. The van der Waals surface area contributed by atoms with Gasteiger partial charge in [0.25, 0.3) is 0 Å². The number of thiophene rings is 2. The molecule has 4 heterocycles. The number of rotatable bonds is 5. The van der Waals surface area contributed by atoms with Gasteiger partial charge in [-0.1, -0.05) is 133 Å². The fourth-order valence-electron chi connectivity index (χ4n) is 8.43. The van der Waals surface area contributed by atoms with Crippen LogP contribution in [-0.2, 0) is 0 Å². The minimum absolute atomic E-state index is 0.653. The monoisotopic (exact) mass is 762 g/mol. The first-order chi connectivity index (χ1) is 28.2. The smallest absolute Gasteiger partial charge is 0.165 e. The molecule has 0 saturated heterocycles. The zero-order valence-corrected chi connectivity index (χ0v) is 32.1. The Balaban J connectivity index is 1.09. The molecule has 12 aromatic rings. The molecule has 4 aromatic heterocycles. The van der Waals surface area contributed by atoms with Gasteiger partial charge in [-0.05, 0) is 59.7 Å². The second-order valence-electron chi connectivity index (χ2n) is 14.4. The number of hydrogen-bond donors (Lipinski definition) is 0. The molecule has 12 rings (SSSR count). The molecule has 0 bridgehead atoms. The molecule has 0 saturated carbocycles. The molecule has 57 heavy (non-hydrogen) atoms. The second kappa shape index (κ2) is 12.8. The fourth-order valence-corrected chi connectivity index (χ4v) is 10.9. The van der Waals surface area contributed by atoms with E-state index >= 15 is 0 Å². The van der Waals surface area contributed by atoms with Crippen LogP contribution in [0.25, 0.3) is 113 Å². The minimum Gasteiger partial charge on any atom is -0.309 e. The van der Waals surface area contributed by atoms with Crippen molar-refractivity contribution in [3.8, 4) is 51.0 Å². The Labute approximate surface area is 335 Å². The van der Waals surface area contributed by atoms with Crippen molar-refractivity contribution in [3.05, 3.63) is 182 Å². The molecule has 266 valence electrons. The van der Waals surface area contributed by atoms with Gasteiger partial charge in [0.05, 0.1) is 11.0 Å². The van der Waals surface area contributed by atoms with Gasteiger partial charge in [-0.15, -0.1) is 22.7 Å². The Morgan fingerprint density at radius 3 is 1.65 bits per heavy atom. The summed E-state index contributed by atoms with van der Waals surface area (Å²) in [6.07, 6.45) is 0. The van der Waals surface area contributed by atoms with Gasteiger partial charge in [0, 0.05) is 73.5 Å². The summed E-state index contributed by atoms with van der Waals surface area (Å²) in [4.78, 5) is 15.4. The highest BCUT2D eigenvalue weighted by Crippen LogP contribution is 2.45. The number of hydrogen-bond acceptors (Lipinski definition) is 5. The Hall–Kier alpha value is -6.99. The highest BCUT2D eigenvalue weighted by atomic mass is 32.1. The van der Waals surface area contributed by atoms with Gasteiger partial charge in [-0.3, -0.25) is 0 Å². The maximum absolute atomic E-state index is 5.20. The van der Waals surface area contributed by atoms with Gasteiger partial charge in [0.15, 0.2) is 17.5 Å². The third-order valence-electron chi connectivity index (χ3n) is 11.0. The van der Waals surface area contributed by atoms with Crippen LogP contribution in [-0.4, -0.2) is 19.5 Å². The molecule has 8 aromatic carbocycles. The van der Waals surface area contributed by atoms with E-state index in [1.165, 1.54) is 57.5 Å². The van der Waals surface area contributed by atoms with Crippen molar-refractivity contribution in [1.29, 1.82) is 0 Å². The zero-order valence-electron chi connectivity index (χ0n) is 30.4. The Kier molecular flexibility index (Phi) is 7.24. The maximum Gasteiger partial charge on any atom is 0.165 e. The molecule has 6 heteroatoms. The number of aromatic nitrogens is 4. The summed E-state index contributed by atoms with van der Waals surface area (Å²) < 4.78 is 7.48. The molecule has 0 fully saturated rings. The summed E-state index contributed by atoms with van der Waals surface area (Å²) in [5, 5.41) is 7.62. The first kappa shape index (κ1) is 32.3. The van der Waals surface area contributed by atoms with Gasteiger partial charge >= 0.3 is 0 Å². The molecule has 0 spiro atoms. The van der Waals surface area contributed by atoms with Crippen LogP contribution < -0.4 is 0 Å². The van der Waals surface area contributed by atoms with Crippen molar-refractivity contribution in [2.75, 3.05) is 0 Å². The molecule has 4 nitrogen and oxygen atoms in total. The highest BCUT2D eigenvalue weighted by molar-refractivity contribution is 7.27. The van der Waals surface area contributed by atoms with Gasteiger partial charge in [-0.2, -0.15) is 0 Å². The third kappa shape index (κ3) is 5.15. The average molecular weight is 763 g/mol. The van der Waals surface area contributed by atoms with Crippen molar-refractivity contribution in [3.63, 3.8) is 0 Å². The van der Waals surface area contributed by atoms with Gasteiger partial charge in [-0.25, -0.2) is 15.0 Å². The van der Waals surface area contributed by atoms with Crippen LogP contribution in [0.2, 0.25) is 0 Å². The van der Waals surface area contributed by atoms with Crippen molar-refractivity contribution < 1.29 is 0 Å². The molecule has 0 unspecified atom stereocenters. The summed E-state index contributed by atoms with van der Waals surface area (Å²) in [6.45, 7) is 0. The lowest BCUT2D eigenvalue weighted by atomic mass is 9.98. The molecular formula is C51H30N4S2. The van der Waals surface area contributed by atoms with Crippen LogP contribution in [0.4, 0.5) is 0 Å². The average Bonchev–Trinajstić information content (AvgIpc) is 3.96. The van der Waals surface area contributed by atoms with E-state index in [0.29, 0.717) is 17.5 Å². The Bertz CT molecular complexity index is 3470. The van der Waals surface area contributed by atoms with Gasteiger partial charge in [0.1, 0.15) is 0 Å².